The molecule has 0 saturated heterocycles. The molecule has 0 atom stereocenters. The summed E-state index contributed by atoms with van der Waals surface area (Å²) in [5.41, 5.74) is 0.577. The van der Waals surface area contributed by atoms with E-state index in [4.69, 9.17) is 27.9 Å². The zero-order valence-electron chi connectivity index (χ0n) is 15.8. The van der Waals surface area contributed by atoms with Gasteiger partial charge in [-0.3, -0.25) is 4.79 Å². The summed E-state index contributed by atoms with van der Waals surface area (Å²) in [5, 5.41) is 0.824. The van der Waals surface area contributed by atoms with Crippen molar-refractivity contribution in [3.8, 4) is 0 Å². The Bertz CT molecular complexity index is 1070. The van der Waals surface area contributed by atoms with E-state index in [2.05, 4.69) is 0 Å². The van der Waals surface area contributed by atoms with E-state index < -0.39 is 15.4 Å². The molecule has 0 bridgehead atoms. The van der Waals surface area contributed by atoms with Gasteiger partial charge in [0.05, 0.1) is 15.5 Å². The number of ether oxygens (including phenoxy) is 1. The minimum absolute atomic E-state index is 0.135. The Hall–Kier alpha value is -1.82. The van der Waals surface area contributed by atoms with Crippen LogP contribution in [-0.2, 0) is 19.4 Å². The van der Waals surface area contributed by atoms with Crippen molar-refractivity contribution < 1.29 is 17.9 Å². The SMILES string of the molecule is CCC1(CC)OC(c2ccc(S(C)(=O)=O)cc2)=C(c2ccc(Cl)cc2Cl)C1=O. The number of benzene rings is 2. The molecule has 4 nitrogen and oxygen atoms in total. The molecule has 148 valence electrons. The Morgan fingerprint density at radius 1 is 1.00 bits per heavy atom. The van der Waals surface area contributed by atoms with Crippen molar-refractivity contribution in [2.45, 2.75) is 37.2 Å². The van der Waals surface area contributed by atoms with Gasteiger partial charge in [0.1, 0.15) is 5.76 Å². The van der Waals surface area contributed by atoms with Gasteiger partial charge >= 0.3 is 0 Å². The fraction of sp³-hybridized carbons (Fsp3) is 0.286. The monoisotopic (exact) mass is 438 g/mol. The Balaban J connectivity index is 2.22. The second-order valence-corrected chi connectivity index (χ2v) is 9.62. The highest BCUT2D eigenvalue weighted by Crippen LogP contribution is 2.46. The van der Waals surface area contributed by atoms with Crippen molar-refractivity contribution in [1.29, 1.82) is 0 Å². The van der Waals surface area contributed by atoms with E-state index in [1.165, 1.54) is 12.1 Å². The smallest absolute Gasteiger partial charge is 0.210 e. The molecule has 1 heterocycles. The minimum atomic E-state index is -3.32. The van der Waals surface area contributed by atoms with Crippen LogP contribution in [0, 0.1) is 0 Å². The van der Waals surface area contributed by atoms with Crippen LogP contribution in [0.15, 0.2) is 47.4 Å². The maximum atomic E-state index is 13.4. The van der Waals surface area contributed by atoms with Gasteiger partial charge in [0.15, 0.2) is 15.4 Å². The summed E-state index contributed by atoms with van der Waals surface area (Å²) < 4.78 is 29.7. The Morgan fingerprint density at radius 2 is 1.61 bits per heavy atom. The van der Waals surface area contributed by atoms with E-state index in [0.29, 0.717) is 45.3 Å². The standard InChI is InChI=1S/C21H20Cl2O4S/c1-4-21(5-2)20(24)18(16-11-8-14(22)12-17(16)23)19(27-21)13-6-9-15(10-7-13)28(3,25)26/h6-12H,4-5H2,1-3H3. The van der Waals surface area contributed by atoms with Crippen molar-refractivity contribution in [3.63, 3.8) is 0 Å². The second-order valence-electron chi connectivity index (χ2n) is 6.76. The summed E-state index contributed by atoms with van der Waals surface area (Å²) in [6.45, 7) is 3.80. The molecule has 1 aliphatic rings. The van der Waals surface area contributed by atoms with Crippen molar-refractivity contribution in [1.82, 2.24) is 0 Å². The van der Waals surface area contributed by atoms with Gasteiger partial charge in [-0.05, 0) is 49.2 Å². The molecule has 7 heteroatoms. The lowest BCUT2D eigenvalue weighted by atomic mass is 9.86. The molecule has 0 aromatic heterocycles. The van der Waals surface area contributed by atoms with E-state index >= 15 is 0 Å². The number of halogens is 2. The van der Waals surface area contributed by atoms with E-state index in [9.17, 15) is 13.2 Å². The van der Waals surface area contributed by atoms with Gasteiger partial charge < -0.3 is 4.74 Å². The van der Waals surface area contributed by atoms with E-state index in [1.54, 1.807) is 30.3 Å². The molecule has 0 saturated carbocycles. The molecule has 28 heavy (non-hydrogen) atoms. The summed E-state index contributed by atoms with van der Waals surface area (Å²) in [6.07, 6.45) is 2.15. The number of ketones is 1. The molecule has 0 fully saturated rings. The number of hydrogen-bond donors (Lipinski definition) is 0. The molecule has 0 aliphatic carbocycles. The number of sulfone groups is 1. The Morgan fingerprint density at radius 3 is 2.11 bits per heavy atom. The third-order valence-electron chi connectivity index (χ3n) is 5.05. The van der Waals surface area contributed by atoms with Crippen molar-refractivity contribution in [3.05, 3.63) is 63.6 Å². The first-order valence-electron chi connectivity index (χ1n) is 8.87. The zero-order chi connectivity index (χ0) is 20.7. The first kappa shape index (κ1) is 20.9. The Kier molecular flexibility index (Phi) is 5.63. The summed E-state index contributed by atoms with van der Waals surface area (Å²) in [5.74, 6) is 0.266. The van der Waals surface area contributed by atoms with Gasteiger partial charge in [-0.1, -0.05) is 43.1 Å². The first-order valence-corrected chi connectivity index (χ1v) is 11.5. The highest BCUT2D eigenvalue weighted by Gasteiger charge is 2.47. The molecule has 3 rings (SSSR count). The predicted octanol–water partition coefficient (Wildman–Crippen LogP) is 5.42. The van der Waals surface area contributed by atoms with Crippen LogP contribution in [0.3, 0.4) is 0 Å². The fourth-order valence-corrected chi connectivity index (χ4v) is 4.47. The molecule has 0 unspecified atom stereocenters. The molecule has 2 aromatic carbocycles. The van der Waals surface area contributed by atoms with E-state index in [1.807, 2.05) is 13.8 Å². The summed E-state index contributed by atoms with van der Waals surface area (Å²) >= 11 is 12.4. The van der Waals surface area contributed by atoms with E-state index in [0.717, 1.165) is 6.26 Å². The molecule has 0 N–H and O–H groups in total. The maximum absolute atomic E-state index is 13.4. The Labute approximate surface area is 175 Å². The molecule has 0 spiro atoms. The third-order valence-corrected chi connectivity index (χ3v) is 6.73. The molecule has 0 amide bonds. The number of hydrogen-bond acceptors (Lipinski definition) is 4. The van der Waals surface area contributed by atoms with Crippen LogP contribution in [0.1, 0.15) is 37.8 Å². The van der Waals surface area contributed by atoms with E-state index in [-0.39, 0.29) is 10.7 Å². The van der Waals surface area contributed by atoms with Gasteiger partial charge in [0, 0.05) is 22.4 Å². The largest absolute Gasteiger partial charge is 0.478 e. The van der Waals surface area contributed by atoms with Gasteiger partial charge in [-0.15, -0.1) is 0 Å². The van der Waals surface area contributed by atoms with Gasteiger partial charge in [0.2, 0.25) is 5.78 Å². The van der Waals surface area contributed by atoms with Gasteiger partial charge in [-0.25, -0.2) is 8.42 Å². The van der Waals surface area contributed by atoms with Crippen LogP contribution >= 0.6 is 23.2 Å². The third kappa shape index (κ3) is 3.59. The first-order chi connectivity index (χ1) is 13.1. The van der Waals surface area contributed by atoms with Gasteiger partial charge in [-0.2, -0.15) is 0 Å². The van der Waals surface area contributed by atoms with Crippen LogP contribution in [0.25, 0.3) is 11.3 Å². The lowest BCUT2D eigenvalue weighted by Gasteiger charge is -2.25. The summed E-state index contributed by atoms with van der Waals surface area (Å²) in [6, 6.07) is 11.3. The second kappa shape index (κ2) is 7.54. The maximum Gasteiger partial charge on any atom is 0.210 e. The zero-order valence-corrected chi connectivity index (χ0v) is 18.1. The number of Topliss-reactive ketones (excluding diaryl/α,β-unsaturated/α-hetero) is 1. The quantitative estimate of drug-likeness (QED) is 0.624. The molecular weight excluding hydrogens is 419 g/mol. The highest BCUT2D eigenvalue weighted by molar-refractivity contribution is 7.90. The topological polar surface area (TPSA) is 60.4 Å². The van der Waals surface area contributed by atoms with Crippen LogP contribution in [0.2, 0.25) is 10.0 Å². The van der Waals surface area contributed by atoms with Crippen molar-refractivity contribution in [2.75, 3.05) is 6.26 Å². The number of rotatable bonds is 5. The minimum Gasteiger partial charge on any atom is -0.478 e. The van der Waals surface area contributed by atoms with Crippen LogP contribution < -0.4 is 0 Å². The lowest BCUT2D eigenvalue weighted by Crippen LogP contribution is -2.35. The highest BCUT2D eigenvalue weighted by atomic mass is 35.5. The lowest BCUT2D eigenvalue weighted by molar-refractivity contribution is -0.128. The molecule has 2 aromatic rings. The molecular formula is C21H20Cl2O4S. The fourth-order valence-electron chi connectivity index (χ4n) is 3.33. The number of carbonyl (C=O) groups is 1. The van der Waals surface area contributed by atoms with Crippen molar-refractivity contribution >= 4 is 50.2 Å². The normalized spacial score (nSPS) is 16.4. The molecule has 0 radical (unpaired) electrons. The average molecular weight is 439 g/mol. The molecule has 1 aliphatic heterocycles. The summed E-state index contributed by atoms with van der Waals surface area (Å²) in [7, 11) is -3.32. The van der Waals surface area contributed by atoms with Gasteiger partial charge in [0.25, 0.3) is 0 Å². The average Bonchev–Trinajstić information content (AvgIpc) is 2.94. The van der Waals surface area contributed by atoms with Crippen LogP contribution in [0.5, 0.6) is 0 Å². The summed E-state index contributed by atoms with van der Waals surface area (Å²) in [4.78, 5) is 13.6. The van der Waals surface area contributed by atoms with Crippen LogP contribution in [0.4, 0.5) is 0 Å². The predicted molar refractivity (Wildman–Crippen MR) is 112 cm³/mol. The van der Waals surface area contributed by atoms with Crippen molar-refractivity contribution in [2.24, 2.45) is 0 Å². The number of carbonyl (C=O) groups excluding carboxylic acids is 1. The van der Waals surface area contributed by atoms with Crippen LogP contribution in [-0.4, -0.2) is 26.1 Å².